The molecule has 0 radical (unpaired) electrons. The number of likely N-dealkylation sites (tertiary alicyclic amines) is 1. The number of amides is 1. The number of nitrogens with two attached hydrogens (primary N) is 1. The standard InChI is InChI=1S/C18H20N2O4/c1-20-7-6-18-10-3-4-12(21)16(18)24-15-13(23-17(19)22)5-2-9(14(15)18)8-11(10)20/h2,5,10-11,16H,3-4,6-8H2,1H3,(H2,19,22)/t10-,11+,16-,18-/m0/s1. The molecule has 126 valence electrons. The first-order chi connectivity index (χ1) is 11.5. The van der Waals surface area contributed by atoms with E-state index in [0.29, 0.717) is 29.9 Å². The molecule has 6 heteroatoms. The number of likely N-dealkylation sites (N-methyl/N-ethyl adjacent to an activating group) is 1. The average Bonchev–Trinajstić information content (AvgIpc) is 2.89. The molecule has 5 rings (SSSR count). The van der Waals surface area contributed by atoms with Crippen molar-refractivity contribution >= 4 is 11.9 Å². The summed E-state index contributed by atoms with van der Waals surface area (Å²) in [6.45, 7) is 0.952. The number of ketones is 1. The minimum absolute atomic E-state index is 0.170. The van der Waals surface area contributed by atoms with Gasteiger partial charge >= 0.3 is 6.09 Å². The van der Waals surface area contributed by atoms with E-state index in [1.54, 1.807) is 6.07 Å². The molecule has 2 fully saturated rings. The van der Waals surface area contributed by atoms with E-state index in [9.17, 15) is 9.59 Å². The Morgan fingerprint density at radius 3 is 3.08 bits per heavy atom. The SMILES string of the molecule is CN1CC[C@]23c4c5ccc(OC(N)=O)c4O[C@H]2C(=O)CC[C@H]3[C@H]1C5. The van der Waals surface area contributed by atoms with Crippen molar-refractivity contribution in [1.29, 1.82) is 0 Å². The first-order valence-electron chi connectivity index (χ1n) is 8.55. The number of primary amides is 1. The van der Waals surface area contributed by atoms with Gasteiger partial charge in [0.2, 0.25) is 0 Å². The fourth-order valence-electron chi connectivity index (χ4n) is 5.70. The van der Waals surface area contributed by atoms with Gasteiger partial charge in [-0.25, -0.2) is 4.79 Å². The summed E-state index contributed by atoms with van der Waals surface area (Å²) in [5.41, 5.74) is 7.26. The normalized spacial score (nSPS) is 36.0. The number of ether oxygens (including phenoxy) is 2. The Bertz CT molecular complexity index is 777. The van der Waals surface area contributed by atoms with Crippen LogP contribution in [0.4, 0.5) is 4.79 Å². The van der Waals surface area contributed by atoms with Crippen molar-refractivity contribution in [1.82, 2.24) is 4.90 Å². The van der Waals surface area contributed by atoms with E-state index in [-0.39, 0.29) is 11.2 Å². The van der Waals surface area contributed by atoms with E-state index in [2.05, 4.69) is 11.9 Å². The third-order valence-corrected chi connectivity index (χ3v) is 6.58. The van der Waals surface area contributed by atoms with E-state index in [1.165, 1.54) is 5.56 Å². The van der Waals surface area contributed by atoms with E-state index in [0.717, 1.165) is 31.4 Å². The molecular formula is C18H20N2O4. The molecule has 2 bridgehead atoms. The predicted octanol–water partition coefficient (Wildman–Crippen LogP) is 1.38. The molecule has 1 saturated heterocycles. The molecule has 2 aliphatic heterocycles. The predicted molar refractivity (Wildman–Crippen MR) is 85.2 cm³/mol. The van der Waals surface area contributed by atoms with Gasteiger partial charge in [0.1, 0.15) is 0 Å². The maximum Gasteiger partial charge on any atom is 0.410 e. The lowest BCUT2D eigenvalue weighted by Crippen LogP contribution is -2.65. The molecule has 2 aliphatic carbocycles. The summed E-state index contributed by atoms with van der Waals surface area (Å²) >= 11 is 0. The first kappa shape index (κ1) is 14.3. The summed E-state index contributed by atoms with van der Waals surface area (Å²) in [7, 11) is 2.18. The Kier molecular flexibility index (Phi) is 2.68. The number of nitrogens with zero attached hydrogens (tertiary/aromatic N) is 1. The highest BCUT2D eigenvalue weighted by Gasteiger charge is 2.65. The van der Waals surface area contributed by atoms with Gasteiger partial charge in [-0.2, -0.15) is 0 Å². The molecule has 2 N–H and O–H groups in total. The lowest BCUT2D eigenvalue weighted by atomic mass is 9.52. The monoisotopic (exact) mass is 328 g/mol. The zero-order valence-corrected chi connectivity index (χ0v) is 13.6. The maximum atomic E-state index is 12.7. The number of carbonyl (C=O) groups is 2. The van der Waals surface area contributed by atoms with Gasteiger partial charge in [0.15, 0.2) is 23.4 Å². The molecule has 24 heavy (non-hydrogen) atoms. The molecule has 0 aromatic heterocycles. The molecule has 1 aromatic carbocycles. The van der Waals surface area contributed by atoms with E-state index in [4.69, 9.17) is 15.2 Å². The summed E-state index contributed by atoms with van der Waals surface area (Å²) in [6, 6.07) is 4.19. The second kappa shape index (κ2) is 4.51. The van der Waals surface area contributed by atoms with Gasteiger partial charge in [-0.05, 0) is 50.4 Å². The molecule has 6 nitrogen and oxygen atoms in total. The Morgan fingerprint density at radius 1 is 1.46 bits per heavy atom. The highest BCUT2D eigenvalue weighted by molar-refractivity contribution is 5.89. The third-order valence-electron chi connectivity index (χ3n) is 6.58. The van der Waals surface area contributed by atoms with E-state index >= 15 is 0 Å². The largest absolute Gasteiger partial charge is 0.477 e. The lowest BCUT2D eigenvalue weighted by Gasteiger charge is -2.57. The van der Waals surface area contributed by atoms with E-state index in [1.807, 2.05) is 6.07 Å². The highest BCUT2D eigenvalue weighted by Crippen LogP contribution is 2.63. The van der Waals surface area contributed by atoms with Gasteiger partial charge in [-0.1, -0.05) is 6.07 Å². The van der Waals surface area contributed by atoms with Crippen LogP contribution in [0.1, 0.15) is 30.4 Å². The molecule has 1 spiro atoms. The van der Waals surface area contributed by atoms with Gasteiger partial charge in [-0.3, -0.25) is 4.79 Å². The number of carbonyl (C=O) groups excluding carboxylic acids is 2. The molecule has 1 aromatic rings. The molecule has 4 aliphatic rings. The van der Waals surface area contributed by atoms with Crippen molar-refractivity contribution in [2.75, 3.05) is 13.6 Å². The smallest absolute Gasteiger partial charge is 0.410 e. The van der Waals surface area contributed by atoms with Crippen molar-refractivity contribution in [3.05, 3.63) is 23.3 Å². The van der Waals surface area contributed by atoms with Crippen LogP contribution < -0.4 is 15.2 Å². The number of hydrogen-bond donors (Lipinski definition) is 1. The molecule has 0 unspecified atom stereocenters. The van der Waals surface area contributed by atoms with Crippen LogP contribution in [0.15, 0.2) is 12.1 Å². The van der Waals surface area contributed by atoms with Crippen molar-refractivity contribution in [2.24, 2.45) is 11.7 Å². The molecular weight excluding hydrogens is 308 g/mol. The molecule has 2 heterocycles. The summed E-state index contributed by atoms with van der Waals surface area (Å²) in [5.74, 6) is 1.49. The van der Waals surface area contributed by atoms with Crippen molar-refractivity contribution in [2.45, 2.75) is 43.2 Å². The lowest BCUT2D eigenvalue weighted by molar-refractivity contribution is -0.138. The summed E-state index contributed by atoms with van der Waals surface area (Å²) in [5, 5.41) is 0. The van der Waals surface area contributed by atoms with Crippen molar-refractivity contribution < 1.29 is 19.1 Å². The molecule has 4 atom stereocenters. The van der Waals surface area contributed by atoms with Gasteiger partial charge in [0.25, 0.3) is 0 Å². The maximum absolute atomic E-state index is 12.7. The second-order valence-electron chi connectivity index (χ2n) is 7.50. The number of Topliss-reactive ketones (excluding diaryl/α,β-unsaturated/α-hetero) is 1. The fraction of sp³-hybridized carbons (Fsp3) is 0.556. The van der Waals surface area contributed by atoms with Crippen LogP contribution >= 0.6 is 0 Å². The van der Waals surface area contributed by atoms with Crippen LogP contribution in [0.2, 0.25) is 0 Å². The van der Waals surface area contributed by atoms with Gasteiger partial charge in [0, 0.05) is 23.4 Å². The number of piperidine rings is 1. The Morgan fingerprint density at radius 2 is 2.29 bits per heavy atom. The summed E-state index contributed by atoms with van der Waals surface area (Å²) < 4.78 is 11.3. The fourth-order valence-corrected chi connectivity index (χ4v) is 5.70. The van der Waals surface area contributed by atoms with Gasteiger partial charge in [0.05, 0.1) is 0 Å². The van der Waals surface area contributed by atoms with Crippen molar-refractivity contribution in [3.63, 3.8) is 0 Å². The Balaban J connectivity index is 1.76. The van der Waals surface area contributed by atoms with Crippen LogP contribution in [-0.4, -0.2) is 42.5 Å². The average molecular weight is 328 g/mol. The van der Waals surface area contributed by atoms with E-state index < -0.39 is 12.2 Å². The minimum atomic E-state index is -0.859. The quantitative estimate of drug-likeness (QED) is 0.842. The van der Waals surface area contributed by atoms with Gasteiger partial charge in [-0.15, -0.1) is 0 Å². The minimum Gasteiger partial charge on any atom is -0.477 e. The van der Waals surface area contributed by atoms with Crippen LogP contribution in [0, 0.1) is 5.92 Å². The first-order valence-corrected chi connectivity index (χ1v) is 8.55. The van der Waals surface area contributed by atoms with Crippen molar-refractivity contribution in [3.8, 4) is 11.5 Å². The zero-order valence-electron chi connectivity index (χ0n) is 13.6. The topological polar surface area (TPSA) is 81.9 Å². The van der Waals surface area contributed by atoms with Crippen LogP contribution in [0.25, 0.3) is 0 Å². The van der Waals surface area contributed by atoms with Gasteiger partial charge < -0.3 is 20.1 Å². The van der Waals surface area contributed by atoms with Crippen LogP contribution in [0.3, 0.4) is 0 Å². The Labute approximate surface area is 139 Å². The third kappa shape index (κ3) is 1.55. The Hall–Kier alpha value is -2.08. The highest BCUT2D eigenvalue weighted by atomic mass is 16.6. The molecule has 1 saturated carbocycles. The van der Waals surface area contributed by atoms with Crippen LogP contribution in [0.5, 0.6) is 11.5 Å². The second-order valence-corrected chi connectivity index (χ2v) is 7.50. The summed E-state index contributed by atoms with van der Waals surface area (Å²) in [6.07, 6.45) is 2.03. The zero-order chi connectivity index (χ0) is 16.6. The number of hydrogen-bond acceptors (Lipinski definition) is 5. The van der Waals surface area contributed by atoms with Crippen LogP contribution in [-0.2, 0) is 16.6 Å². The number of rotatable bonds is 1. The number of benzene rings is 1. The molecule has 1 amide bonds. The summed E-state index contributed by atoms with van der Waals surface area (Å²) in [4.78, 5) is 26.3.